The van der Waals surface area contributed by atoms with E-state index in [-0.39, 0.29) is 5.82 Å². The normalized spacial score (nSPS) is 11.4. The Balaban J connectivity index is 1.53. The van der Waals surface area contributed by atoms with Crippen LogP contribution in [0, 0.1) is 5.82 Å². The average Bonchev–Trinajstić information content (AvgIpc) is 3.43. The molecule has 0 atom stereocenters. The topological polar surface area (TPSA) is 96.0 Å². The number of fused-ring (bicyclic) bond motifs is 2. The summed E-state index contributed by atoms with van der Waals surface area (Å²) in [5.41, 5.74) is 6.17. The first-order valence-corrected chi connectivity index (χ1v) is 9.62. The Morgan fingerprint density at radius 1 is 0.806 bits per heavy atom. The van der Waals surface area contributed by atoms with Crippen LogP contribution in [0.25, 0.3) is 56.0 Å². The molecule has 0 saturated carbocycles. The number of rotatable bonds is 3. The Morgan fingerprint density at radius 2 is 1.74 bits per heavy atom. The van der Waals surface area contributed by atoms with Crippen molar-refractivity contribution in [3.63, 3.8) is 0 Å². The van der Waals surface area contributed by atoms with Gasteiger partial charge in [0.2, 0.25) is 0 Å². The second kappa shape index (κ2) is 6.81. The summed E-state index contributed by atoms with van der Waals surface area (Å²) in [4.78, 5) is 21.0. The Bertz CT molecular complexity index is 1550. The number of hydrogen-bond acceptors (Lipinski definition) is 5. The van der Waals surface area contributed by atoms with Gasteiger partial charge in [-0.25, -0.2) is 9.37 Å². The van der Waals surface area contributed by atoms with E-state index in [1.54, 1.807) is 43.0 Å². The zero-order valence-electron chi connectivity index (χ0n) is 16.0. The lowest BCUT2D eigenvalue weighted by Gasteiger charge is -2.03. The van der Waals surface area contributed by atoms with Crippen LogP contribution in [0.2, 0.25) is 0 Å². The molecular weight excluding hydrogens is 393 g/mol. The van der Waals surface area contributed by atoms with Gasteiger partial charge < -0.3 is 4.98 Å². The van der Waals surface area contributed by atoms with Crippen LogP contribution in [0.5, 0.6) is 0 Å². The second-order valence-corrected chi connectivity index (χ2v) is 7.04. The summed E-state index contributed by atoms with van der Waals surface area (Å²) in [5, 5.41) is 8.30. The maximum absolute atomic E-state index is 14.4. The van der Waals surface area contributed by atoms with Gasteiger partial charge in [-0.2, -0.15) is 5.10 Å². The van der Waals surface area contributed by atoms with Gasteiger partial charge >= 0.3 is 0 Å². The summed E-state index contributed by atoms with van der Waals surface area (Å²) in [7, 11) is 0. The van der Waals surface area contributed by atoms with Crippen molar-refractivity contribution in [2.75, 3.05) is 0 Å². The van der Waals surface area contributed by atoms with Crippen LogP contribution in [0.4, 0.5) is 4.39 Å². The van der Waals surface area contributed by atoms with E-state index in [0.29, 0.717) is 33.9 Å². The van der Waals surface area contributed by atoms with Crippen molar-refractivity contribution in [3.05, 3.63) is 79.1 Å². The molecular formula is C23H14FN7. The number of hydrogen-bond donors (Lipinski definition) is 2. The van der Waals surface area contributed by atoms with Gasteiger partial charge in [-0.15, -0.1) is 0 Å². The van der Waals surface area contributed by atoms with E-state index in [1.165, 1.54) is 6.07 Å². The summed E-state index contributed by atoms with van der Waals surface area (Å²) in [6.07, 6.45) is 6.59. The first kappa shape index (κ1) is 17.4. The Kier molecular flexibility index (Phi) is 3.82. The van der Waals surface area contributed by atoms with Gasteiger partial charge in [0.15, 0.2) is 0 Å². The number of nitrogens with one attached hydrogen (secondary N) is 2. The van der Waals surface area contributed by atoms with Crippen LogP contribution in [-0.4, -0.2) is 35.1 Å². The molecule has 31 heavy (non-hydrogen) atoms. The Hall–Kier alpha value is -4.46. The predicted octanol–water partition coefficient (Wildman–Crippen LogP) is 4.76. The van der Waals surface area contributed by atoms with Crippen LogP contribution in [-0.2, 0) is 0 Å². The minimum atomic E-state index is -0.314. The summed E-state index contributed by atoms with van der Waals surface area (Å²) in [6, 6.07) is 14.2. The third-order valence-corrected chi connectivity index (χ3v) is 5.17. The van der Waals surface area contributed by atoms with E-state index in [0.717, 1.165) is 22.1 Å². The molecule has 1 aromatic carbocycles. The van der Waals surface area contributed by atoms with Gasteiger partial charge in [-0.3, -0.25) is 20.1 Å². The maximum Gasteiger partial charge on any atom is 0.135 e. The molecule has 0 spiro atoms. The smallest absolute Gasteiger partial charge is 0.135 e. The van der Waals surface area contributed by atoms with Crippen LogP contribution in [0.3, 0.4) is 0 Å². The molecule has 0 aliphatic carbocycles. The third-order valence-electron chi connectivity index (χ3n) is 5.17. The van der Waals surface area contributed by atoms with E-state index in [2.05, 4.69) is 30.1 Å². The highest BCUT2D eigenvalue weighted by atomic mass is 19.1. The van der Waals surface area contributed by atoms with Crippen molar-refractivity contribution in [1.82, 2.24) is 35.1 Å². The van der Waals surface area contributed by atoms with Gasteiger partial charge in [0, 0.05) is 35.1 Å². The number of benzene rings is 1. The van der Waals surface area contributed by atoms with Crippen molar-refractivity contribution >= 4 is 21.9 Å². The van der Waals surface area contributed by atoms with Crippen molar-refractivity contribution in [2.45, 2.75) is 0 Å². The molecule has 148 valence electrons. The number of aromatic amines is 2. The molecule has 0 amide bonds. The Labute approximate surface area is 175 Å². The molecule has 7 nitrogen and oxygen atoms in total. The Morgan fingerprint density at radius 3 is 2.61 bits per heavy atom. The lowest BCUT2D eigenvalue weighted by atomic mass is 10.1. The molecule has 0 unspecified atom stereocenters. The fourth-order valence-electron chi connectivity index (χ4n) is 3.71. The van der Waals surface area contributed by atoms with Gasteiger partial charge in [-0.05, 0) is 36.4 Å². The predicted molar refractivity (Wildman–Crippen MR) is 115 cm³/mol. The second-order valence-electron chi connectivity index (χ2n) is 7.04. The van der Waals surface area contributed by atoms with Crippen molar-refractivity contribution in [1.29, 1.82) is 0 Å². The summed E-state index contributed by atoms with van der Waals surface area (Å²) in [6.45, 7) is 0. The molecule has 0 bridgehead atoms. The number of H-pyrrole nitrogens is 2. The van der Waals surface area contributed by atoms with Crippen LogP contribution in [0.1, 0.15) is 0 Å². The molecule has 0 aliphatic heterocycles. The standard InChI is InChI=1S/C23H14FN7/c24-15-4-2-1-3-13(15)21-14-11-19(28-16(14)7-8-27-21)23-22-18(30-31-23)6-5-17(29-22)20-12-25-9-10-26-20/h1-12,28H,(H,30,31). The third kappa shape index (κ3) is 2.84. The van der Waals surface area contributed by atoms with Crippen molar-refractivity contribution < 1.29 is 4.39 Å². The molecule has 0 saturated heterocycles. The van der Waals surface area contributed by atoms with Gasteiger partial charge in [0.05, 0.1) is 28.8 Å². The zero-order valence-corrected chi connectivity index (χ0v) is 16.0. The van der Waals surface area contributed by atoms with E-state index in [4.69, 9.17) is 4.98 Å². The first-order valence-electron chi connectivity index (χ1n) is 9.62. The van der Waals surface area contributed by atoms with Gasteiger partial charge in [0.25, 0.3) is 0 Å². The van der Waals surface area contributed by atoms with Gasteiger partial charge in [-0.1, -0.05) is 12.1 Å². The number of halogens is 1. The summed E-state index contributed by atoms with van der Waals surface area (Å²) >= 11 is 0. The summed E-state index contributed by atoms with van der Waals surface area (Å²) < 4.78 is 14.4. The monoisotopic (exact) mass is 407 g/mol. The van der Waals surface area contributed by atoms with E-state index < -0.39 is 0 Å². The van der Waals surface area contributed by atoms with Crippen LogP contribution >= 0.6 is 0 Å². The highest BCUT2D eigenvalue weighted by molar-refractivity contribution is 5.99. The molecule has 0 aliphatic rings. The molecule has 5 aromatic heterocycles. The number of nitrogens with zero attached hydrogens (tertiary/aromatic N) is 5. The van der Waals surface area contributed by atoms with E-state index in [9.17, 15) is 4.39 Å². The summed E-state index contributed by atoms with van der Waals surface area (Å²) in [5.74, 6) is -0.314. The zero-order chi connectivity index (χ0) is 20.8. The average molecular weight is 407 g/mol. The quantitative estimate of drug-likeness (QED) is 0.441. The minimum Gasteiger partial charge on any atom is -0.353 e. The van der Waals surface area contributed by atoms with E-state index in [1.807, 2.05) is 24.3 Å². The minimum absolute atomic E-state index is 0.314. The molecule has 6 rings (SSSR count). The lowest BCUT2D eigenvalue weighted by Crippen LogP contribution is -1.89. The van der Waals surface area contributed by atoms with E-state index >= 15 is 0 Å². The molecule has 5 heterocycles. The lowest BCUT2D eigenvalue weighted by molar-refractivity contribution is 0.631. The molecule has 0 radical (unpaired) electrons. The largest absolute Gasteiger partial charge is 0.353 e. The molecule has 0 fully saturated rings. The fourth-order valence-corrected chi connectivity index (χ4v) is 3.71. The van der Waals surface area contributed by atoms with Crippen LogP contribution in [0.15, 0.2) is 73.3 Å². The SMILES string of the molecule is Fc1ccccc1-c1nccc2[nH]c(-c3n[nH]c4ccc(-c5cnccn5)nc34)cc12. The molecule has 2 N–H and O–H groups in total. The van der Waals surface area contributed by atoms with Crippen molar-refractivity contribution in [3.8, 4) is 34.0 Å². The first-order chi connectivity index (χ1) is 15.3. The van der Waals surface area contributed by atoms with Gasteiger partial charge in [0.1, 0.15) is 22.7 Å². The highest BCUT2D eigenvalue weighted by Crippen LogP contribution is 2.33. The maximum atomic E-state index is 14.4. The fraction of sp³-hybridized carbons (Fsp3) is 0. The number of aromatic nitrogens is 7. The molecule has 6 aromatic rings. The van der Waals surface area contributed by atoms with Crippen LogP contribution < -0.4 is 0 Å². The van der Waals surface area contributed by atoms with Crippen molar-refractivity contribution in [2.24, 2.45) is 0 Å². The number of pyridine rings is 2. The highest BCUT2D eigenvalue weighted by Gasteiger charge is 2.17. The molecule has 8 heteroatoms.